The number of nitro groups is 1. The van der Waals surface area contributed by atoms with Crippen LogP contribution >= 0.6 is 22.6 Å². The molecule has 0 spiro atoms. The van der Waals surface area contributed by atoms with Crippen LogP contribution in [0.2, 0.25) is 0 Å². The highest BCUT2D eigenvalue weighted by Gasteiger charge is 2.10. The van der Waals surface area contributed by atoms with Crippen LogP contribution in [0.4, 0.5) is 10.1 Å². The number of nitrogens with zero attached hydrogens (tertiary/aromatic N) is 2. The van der Waals surface area contributed by atoms with Gasteiger partial charge >= 0.3 is 0 Å². The summed E-state index contributed by atoms with van der Waals surface area (Å²) in [7, 11) is 0. The molecule has 0 saturated heterocycles. The summed E-state index contributed by atoms with van der Waals surface area (Å²) < 4.78 is 19.6. The van der Waals surface area contributed by atoms with Gasteiger partial charge in [0.25, 0.3) is 5.69 Å². The zero-order valence-electron chi connectivity index (χ0n) is 15.0. The third-order valence-corrected chi connectivity index (χ3v) is 4.91. The molecule has 144 valence electrons. The molecule has 0 aromatic heterocycles. The summed E-state index contributed by atoms with van der Waals surface area (Å²) in [5, 5.41) is 20.4. The van der Waals surface area contributed by atoms with E-state index in [0.717, 1.165) is 14.7 Å². The summed E-state index contributed by atoms with van der Waals surface area (Å²) in [4.78, 5) is 10.5. The van der Waals surface area contributed by atoms with Crippen molar-refractivity contribution in [3.8, 4) is 11.8 Å². The molecule has 29 heavy (non-hydrogen) atoms. The van der Waals surface area contributed by atoms with E-state index in [-0.39, 0.29) is 11.5 Å². The molecular weight excluding hydrogens is 486 g/mol. The molecule has 0 aliphatic heterocycles. The highest BCUT2D eigenvalue weighted by molar-refractivity contribution is 14.1. The summed E-state index contributed by atoms with van der Waals surface area (Å²) in [5.74, 6) is 0.373. The van der Waals surface area contributed by atoms with Crippen molar-refractivity contribution in [1.82, 2.24) is 0 Å². The molecule has 3 aromatic rings. The maximum atomic E-state index is 13.0. The molecule has 0 N–H and O–H groups in total. The third-order valence-electron chi connectivity index (χ3n) is 4.06. The highest BCUT2D eigenvalue weighted by atomic mass is 127. The van der Waals surface area contributed by atoms with E-state index < -0.39 is 4.92 Å². The summed E-state index contributed by atoms with van der Waals surface area (Å²) in [5.41, 5.74) is 2.36. The first-order chi connectivity index (χ1) is 14.0. The van der Waals surface area contributed by atoms with Crippen molar-refractivity contribution in [3.05, 3.63) is 103 Å². The van der Waals surface area contributed by atoms with E-state index in [1.807, 2.05) is 6.07 Å². The van der Waals surface area contributed by atoms with E-state index in [0.29, 0.717) is 23.5 Å². The van der Waals surface area contributed by atoms with Crippen LogP contribution in [0.25, 0.3) is 11.6 Å². The van der Waals surface area contributed by atoms with Crippen molar-refractivity contribution in [1.29, 1.82) is 5.26 Å². The maximum absolute atomic E-state index is 13.0. The second-order valence-electron chi connectivity index (χ2n) is 6.08. The topological polar surface area (TPSA) is 76.2 Å². The van der Waals surface area contributed by atoms with E-state index in [1.165, 1.54) is 24.3 Å². The molecule has 3 aromatic carbocycles. The predicted octanol–water partition coefficient (Wildman–Crippen LogP) is 5.98. The molecule has 0 bridgehead atoms. The lowest BCUT2D eigenvalue weighted by Gasteiger charge is -2.09. The number of allylic oxidation sites excluding steroid dienone is 1. The van der Waals surface area contributed by atoms with Crippen LogP contribution in [0.15, 0.2) is 66.7 Å². The monoisotopic (exact) mass is 500 g/mol. The van der Waals surface area contributed by atoms with Crippen LogP contribution in [-0.2, 0) is 6.61 Å². The van der Waals surface area contributed by atoms with Gasteiger partial charge in [-0.2, -0.15) is 5.26 Å². The van der Waals surface area contributed by atoms with Crippen LogP contribution in [0.1, 0.15) is 16.7 Å². The normalized spacial score (nSPS) is 11.0. The van der Waals surface area contributed by atoms with E-state index in [1.54, 1.807) is 42.5 Å². The predicted molar refractivity (Wildman–Crippen MR) is 116 cm³/mol. The third kappa shape index (κ3) is 5.39. The number of nitriles is 1. The maximum Gasteiger partial charge on any atom is 0.270 e. The number of hydrogen-bond acceptors (Lipinski definition) is 4. The summed E-state index contributed by atoms with van der Waals surface area (Å²) in [6.07, 6.45) is 1.67. The largest absolute Gasteiger partial charge is 0.488 e. The average Bonchev–Trinajstić information content (AvgIpc) is 2.72. The van der Waals surface area contributed by atoms with Crippen LogP contribution in [0.5, 0.6) is 5.75 Å². The average molecular weight is 500 g/mol. The summed E-state index contributed by atoms with van der Waals surface area (Å²) >= 11 is 2.14. The van der Waals surface area contributed by atoms with E-state index in [9.17, 15) is 19.8 Å². The van der Waals surface area contributed by atoms with Crippen LogP contribution in [0.3, 0.4) is 0 Å². The van der Waals surface area contributed by atoms with Gasteiger partial charge in [0.15, 0.2) is 0 Å². The van der Waals surface area contributed by atoms with Crippen LogP contribution < -0.4 is 4.74 Å². The van der Waals surface area contributed by atoms with Gasteiger partial charge in [-0.1, -0.05) is 30.3 Å². The quantitative estimate of drug-likeness (QED) is 0.137. The lowest BCUT2D eigenvalue weighted by Crippen LogP contribution is -1.97. The Morgan fingerprint density at radius 3 is 2.59 bits per heavy atom. The number of halogens is 2. The fourth-order valence-electron chi connectivity index (χ4n) is 2.60. The van der Waals surface area contributed by atoms with Crippen molar-refractivity contribution < 1.29 is 14.1 Å². The molecular formula is C22H14FIN2O3. The number of benzene rings is 3. The van der Waals surface area contributed by atoms with E-state index in [2.05, 4.69) is 28.7 Å². The highest BCUT2D eigenvalue weighted by Crippen LogP contribution is 2.27. The molecule has 0 atom stereocenters. The molecule has 0 heterocycles. The molecule has 0 unspecified atom stereocenters. The minimum absolute atomic E-state index is 0.0669. The molecule has 0 aliphatic carbocycles. The van der Waals surface area contributed by atoms with Gasteiger partial charge in [0.2, 0.25) is 0 Å². The Balaban J connectivity index is 1.79. The number of rotatable bonds is 6. The SMILES string of the molecule is N#CC(=Cc1ccc(OCc2ccc(F)cc2)c(I)c1)c1cccc([N+](=O)[O-])c1. The standard InChI is InChI=1S/C22H14FIN2O3/c23-19-7-4-15(5-8-19)14-29-22-9-6-16(11-21(22)24)10-18(13-25)17-2-1-3-20(12-17)26(27)28/h1-12H,14H2. The summed E-state index contributed by atoms with van der Waals surface area (Å²) in [6.45, 7) is 0.308. The minimum Gasteiger partial charge on any atom is -0.488 e. The molecule has 7 heteroatoms. The van der Waals surface area contributed by atoms with Gasteiger partial charge in [0.05, 0.1) is 20.1 Å². The first kappa shape index (κ1) is 20.5. The molecule has 0 radical (unpaired) electrons. The molecule has 0 aliphatic rings. The Labute approximate surface area is 180 Å². The molecule has 0 saturated carbocycles. The van der Waals surface area contributed by atoms with Crippen molar-refractivity contribution in [3.63, 3.8) is 0 Å². The van der Waals surface area contributed by atoms with Gasteiger partial charge in [-0.25, -0.2) is 4.39 Å². The Bertz CT molecular complexity index is 1120. The molecule has 0 amide bonds. The van der Waals surface area contributed by atoms with Gasteiger partial charge in [-0.3, -0.25) is 10.1 Å². The van der Waals surface area contributed by atoms with E-state index in [4.69, 9.17) is 4.74 Å². The Morgan fingerprint density at radius 2 is 1.93 bits per heavy atom. The number of ether oxygens (including phenoxy) is 1. The zero-order valence-corrected chi connectivity index (χ0v) is 17.2. The number of non-ortho nitro benzene ring substituents is 1. The lowest BCUT2D eigenvalue weighted by atomic mass is 10.0. The minimum atomic E-state index is -0.491. The Hall–Kier alpha value is -3.25. The second kappa shape index (κ2) is 9.30. The first-order valence-corrected chi connectivity index (χ1v) is 9.57. The molecule has 5 nitrogen and oxygen atoms in total. The van der Waals surface area contributed by atoms with Crippen molar-refractivity contribution in [2.24, 2.45) is 0 Å². The molecule has 0 fully saturated rings. The fourth-order valence-corrected chi connectivity index (χ4v) is 3.29. The van der Waals surface area contributed by atoms with E-state index >= 15 is 0 Å². The zero-order chi connectivity index (χ0) is 20.8. The Kier molecular flexibility index (Phi) is 6.57. The van der Waals surface area contributed by atoms with Gasteiger partial charge in [-0.05, 0) is 69.6 Å². The van der Waals surface area contributed by atoms with Gasteiger partial charge in [0.1, 0.15) is 18.2 Å². The number of nitro benzene ring substituents is 1. The lowest BCUT2D eigenvalue weighted by molar-refractivity contribution is -0.384. The van der Waals surface area contributed by atoms with Crippen LogP contribution in [-0.4, -0.2) is 4.92 Å². The fraction of sp³-hybridized carbons (Fsp3) is 0.0455. The number of hydrogen-bond donors (Lipinski definition) is 0. The smallest absolute Gasteiger partial charge is 0.270 e. The van der Waals surface area contributed by atoms with Gasteiger partial charge in [0, 0.05) is 12.1 Å². The van der Waals surface area contributed by atoms with Gasteiger partial charge < -0.3 is 4.74 Å². The Morgan fingerprint density at radius 1 is 1.17 bits per heavy atom. The first-order valence-electron chi connectivity index (χ1n) is 8.49. The summed E-state index contributed by atoms with van der Waals surface area (Å²) in [6, 6.07) is 19.6. The second-order valence-corrected chi connectivity index (χ2v) is 7.24. The van der Waals surface area contributed by atoms with Crippen molar-refractivity contribution in [2.75, 3.05) is 0 Å². The molecule has 3 rings (SSSR count). The van der Waals surface area contributed by atoms with Crippen molar-refractivity contribution >= 4 is 39.9 Å². The van der Waals surface area contributed by atoms with Crippen LogP contribution in [0, 0.1) is 30.8 Å². The van der Waals surface area contributed by atoms with Gasteiger partial charge in [-0.15, -0.1) is 0 Å². The van der Waals surface area contributed by atoms with Crippen molar-refractivity contribution in [2.45, 2.75) is 6.61 Å².